The van der Waals surface area contributed by atoms with Crippen LogP contribution in [-0.4, -0.2) is 18.2 Å². The molecule has 164 valence electrons. The topological polar surface area (TPSA) is 58.6 Å². The number of rotatable bonds is 6. The van der Waals surface area contributed by atoms with Crippen LogP contribution in [-0.2, 0) is 10.2 Å². The van der Waals surface area contributed by atoms with Gasteiger partial charge < -0.3 is 15.2 Å². The van der Waals surface area contributed by atoms with Gasteiger partial charge in [-0.05, 0) is 97.2 Å². The zero-order valence-electron chi connectivity index (χ0n) is 18.7. The minimum Gasteiger partial charge on any atom is -0.496 e. The van der Waals surface area contributed by atoms with E-state index in [2.05, 4.69) is 37.4 Å². The van der Waals surface area contributed by atoms with Crippen molar-refractivity contribution in [1.82, 2.24) is 0 Å². The second-order valence-electron chi connectivity index (χ2n) is 9.85. The third-order valence-corrected chi connectivity index (χ3v) is 7.08. The maximum atomic E-state index is 10.7. The van der Waals surface area contributed by atoms with Crippen molar-refractivity contribution in [2.75, 3.05) is 12.4 Å². The van der Waals surface area contributed by atoms with E-state index in [0.29, 0.717) is 0 Å². The number of carboxylic acids is 1. The summed E-state index contributed by atoms with van der Waals surface area (Å²) >= 11 is 0. The van der Waals surface area contributed by atoms with Gasteiger partial charge in [-0.2, -0.15) is 0 Å². The Bertz CT molecular complexity index is 945. The fraction of sp³-hybridized carbons (Fsp3) is 0.444. The molecule has 2 aromatic carbocycles. The van der Waals surface area contributed by atoms with E-state index in [1.54, 1.807) is 13.2 Å². The highest BCUT2D eigenvalue weighted by molar-refractivity contribution is 5.85. The first kappa shape index (κ1) is 21.5. The first-order chi connectivity index (χ1) is 14.8. The molecule has 0 aliphatic heterocycles. The molecule has 4 nitrogen and oxygen atoms in total. The summed E-state index contributed by atoms with van der Waals surface area (Å²) in [6.07, 6.45) is 9.32. The Hall–Kier alpha value is -2.75. The summed E-state index contributed by atoms with van der Waals surface area (Å²) in [6.45, 7) is 4.84. The molecule has 0 heterocycles. The normalized spacial score (nSPS) is 27.8. The molecule has 2 bridgehead atoms. The Morgan fingerprint density at radius 1 is 1.06 bits per heavy atom. The fourth-order valence-electron chi connectivity index (χ4n) is 6.08. The van der Waals surface area contributed by atoms with Gasteiger partial charge in [-0.25, -0.2) is 4.79 Å². The van der Waals surface area contributed by atoms with Crippen molar-refractivity contribution in [2.45, 2.75) is 51.4 Å². The maximum Gasteiger partial charge on any atom is 0.328 e. The van der Waals surface area contributed by atoms with E-state index in [0.717, 1.165) is 46.5 Å². The molecule has 0 spiro atoms. The van der Waals surface area contributed by atoms with Crippen LogP contribution in [0.5, 0.6) is 5.75 Å². The van der Waals surface area contributed by atoms with Crippen LogP contribution in [0.1, 0.15) is 57.1 Å². The van der Waals surface area contributed by atoms with Gasteiger partial charge in [-0.3, -0.25) is 0 Å². The zero-order valence-corrected chi connectivity index (χ0v) is 18.7. The number of anilines is 2. The molecule has 2 atom stereocenters. The molecule has 0 aromatic heterocycles. The average Bonchev–Trinajstić information content (AvgIpc) is 2.72. The number of hydrogen-bond donors (Lipinski definition) is 2. The molecule has 4 rings (SSSR count). The van der Waals surface area contributed by atoms with E-state index in [9.17, 15) is 4.79 Å². The largest absolute Gasteiger partial charge is 0.496 e. The lowest BCUT2D eigenvalue weighted by molar-refractivity contribution is -0.131. The van der Waals surface area contributed by atoms with Crippen LogP contribution >= 0.6 is 0 Å². The second-order valence-corrected chi connectivity index (χ2v) is 9.85. The van der Waals surface area contributed by atoms with Gasteiger partial charge in [0, 0.05) is 23.0 Å². The first-order valence-corrected chi connectivity index (χ1v) is 11.3. The number of carbonyl (C=O) groups is 1. The van der Waals surface area contributed by atoms with Gasteiger partial charge in [0.1, 0.15) is 5.75 Å². The molecule has 2 N–H and O–H groups in total. The summed E-state index contributed by atoms with van der Waals surface area (Å²) in [5.74, 6) is 2.54. The molecule has 2 aromatic rings. The van der Waals surface area contributed by atoms with Crippen LogP contribution in [0.25, 0.3) is 6.08 Å². The lowest BCUT2D eigenvalue weighted by atomic mass is 9.57. The van der Waals surface area contributed by atoms with Crippen molar-refractivity contribution in [3.63, 3.8) is 0 Å². The second kappa shape index (κ2) is 8.78. The van der Waals surface area contributed by atoms with E-state index in [1.165, 1.54) is 37.7 Å². The van der Waals surface area contributed by atoms with Crippen LogP contribution in [0.2, 0.25) is 0 Å². The lowest BCUT2D eigenvalue weighted by Crippen LogP contribution is -2.39. The monoisotopic (exact) mass is 419 g/mol. The van der Waals surface area contributed by atoms with E-state index in [4.69, 9.17) is 9.84 Å². The summed E-state index contributed by atoms with van der Waals surface area (Å²) in [4.78, 5) is 10.7. The number of carboxylic acid groups (broad SMARTS) is 1. The number of aliphatic carboxylic acids is 1. The number of benzene rings is 2. The Morgan fingerprint density at radius 3 is 2.32 bits per heavy atom. The molecule has 0 saturated heterocycles. The molecule has 2 unspecified atom stereocenters. The number of hydrogen-bond acceptors (Lipinski definition) is 3. The van der Waals surface area contributed by atoms with Crippen molar-refractivity contribution >= 4 is 23.4 Å². The highest BCUT2D eigenvalue weighted by atomic mass is 16.5. The van der Waals surface area contributed by atoms with E-state index in [-0.39, 0.29) is 5.41 Å². The first-order valence-electron chi connectivity index (χ1n) is 11.3. The standard InChI is InChI=1S/C27H33NO3/c1-18-12-20-14-21(13-18)17-27(2,16-20)24-15-23(9-10-25(24)31-3)28-22-7-4-19(5-8-22)6-11-26(29)30/h4-11,15,18,20-21,28H,12-14,16-17H2,1-3H3,(H,29,30)/b11-6+. The van der Waals surface area contributed by atoms with E-state index < -0.39 is 5.97 Å². The van der Waals surface area contributed by atoms with Gasteiger partial charge in [0.15, 0.2) is 0 Å². The molecule has 2 aliphatic carbocycles. The van der Waals surface area contributed by atoms with Crippen LogP contribution in [0.15, 0.2) is 48.5 Å². The van der Waals surface area contributed by atoms with Crippen molar-refractivity contribution in [3.8, 4) is 5.75 Å². The molecule has 2 aliphatic rings. The molecular formula is C27H33NO3. The van der Waals surface area contributed by atoms with Gasteiger partial charge in [0.25, 0.3) is 0 Å². The van der Waals surface area contributed by atoms with E-state index >= 15 is 0 Å². The molecule has 0 radical (unpaired) electrons. The van der Waals surface area contributed by atoms with E-state index in [1.807, 2.05) is 24.3 Å². The summed E-state index contributed by atoms with van der Waals surface area (Å²) in [6, 6.07) is 14.2. The summed E-state index contributed by atoms with van der Waals surface area (Å²) in [5, 5.41) is 12.3. The van der Waals surface area contributed by atoms with Crippen LogP contribution in [0.3, 0.4) is 0 Å². The number of methoxy groups -OCH3 is 1. The Morgan fingerprint density at radius 2 is 1.71 bits per heavy atom. The summed E-state index contributed by atoms with van der Waals surface area (Å²) in [7, 11) is 1.77. The smallest absolute Gasteiger partial charge is 0.328 e. The quantitative estimate of drug-likeness (QED) is 0.515. The van der Waals surface area contributed by atoms with Crippen molar-refractivity contribution in [3.05, 3.63) is 59.7 Å². The Labute approximate surface area is 185 Å². The molecule has 0 amide bonds. The van der Waals surface area contributed by atoms with Crippen molar-refractivity contribution in [1.29, 1.82) is 0 Å². The van der Waals surface area contributed by atoms with Gasteiger partial charge in [0.2, 0.25) is 0 Å². The van der Waals surface area contributed by atoms with Gasteiger partial charge in [-0.1, -0.05) is 26.0 Å². The summed E-state index contributed by atoms with van der Waals surface area (Å²) < 4.78 is 5.79. The van der Waals surface area contributed by atoms with Crippen LogP contribution in [0.4, 0.5) is 11.4 Å². The average molecular weight is 420 g/mol. The fourth-order valence-corrected chi connectivity index (χ4v) is 6.08. The highest BCUT2D eigenvalue weighted by Gasteiger charge is 2.43. The number of ether oxygens (including phenoxy) is 1. The third-order valence-electron chi connectivity index (χ3n) is 7.08. The Kier molecular flexibility index (Phi) is 6.08. The number of fused-ring (bicyclic) bond motifs is 2. The molecule has 31 heavy (non-hydrogen) atoms. The predicted molar refractivity (Wildman–Crippen MR) is 126 cm³/mol. The van der Waals surface area contributed by atoms with Crippen molar-refractivity contribution in [2.24, 2.45) is 17.8 Å². The SMILES string of the molecule is COc1ccc(Nc2ccc(/C=C/C(=O)O)cc2)cc1C1(C)CC2CC(C)CC(C2)C1. The minimum atomic E-state index is -0.942. The Balaban J connectivity index is 1.56. The third kappa shape index (κ3) is 4.95. The predicted octanol–water partition coefficient (Wildman–Crippen LogP) is 6.64. The van der Waals surface area contributed by atoms with Gasteiger partial charge in [0.05, 0.1) is 7.11 Å². The molecule has 2 saturated carbocycles. The molecule has 4 heteroatoms. The minimum absolute atomic E-state index is 0.141. The lowest BCUT2D eigenvalue weighted by Gasteiger charge is -2.48. The van der Waals surface area contributed by atoms with Crippen LogP contribution in [0, 0.1) is 17.8 Å². The van der Waals surface area contributed by atoms with Gasteiger partial charge in [-0.15, -0.1) is 0 Å². The van der Waals surface area contributed by atoms with Crippen molar-refractivity contribution < 1.29 is 14.6 Å². The zero-order chi connectivity index (χ0) is 22.0. The highest BCUT2D eigenvalue weighted by Crippen LogP contribution is 2.53. The molecule has 2 fully saturated rings. The van der Waals surface area contributed by atoms with Gasteiger partial charge >= 0.3 is 5.97 Å². The number of nitrogens with one attached hydrogen (secondary N) is 1. The summed E-state index contributed by atoms with van der Waals surface area (Å²) in [5.41, 5.74) is 4.34. The maximum absolute atomic E-state index is 10.7. The molecular weight excluding hydrogens is 386 g/mol. The van der Waals surface area contributed by atoms with Crippen LogP contribution < -0.4 is 10.1 Å².